The van der Waals surface area contributed by atoms with Crippen LogP contribution in [-0.4, -0.2) is 23.7 Å². The van der Waals surface area contributed by atoms with Crippen molar-refractivity contribution < 1.29 is 4.74 Å². The Morgan fingerprint density at radius 3 is 2.79 bits per heavy atom. The Bertz CT molecular complexity index is 540. The normalized spacial score (nSPS) is 10.5. The minimum absolute atomic E-state index is 0.435. The molecule has 0 fully saturated rings. The summed E-state index contributed by atoms with van der Waals surface area (Å²) in [5.74, 6) is 1.34. The number of aryl methyl sites for hydroxylation is 1. The van der Waals surface area contributed by atoms with Crippen LogP contribution in [0.25, 0.3) is 0 Å². The number of anilines is 2. The van der Waals surface area contributed by atoms with Gasteiger partial charge in [-0.1, -0.05) is 29.8 Å². The van der Waals surface area contributed by atoms with Crippen LogP contribution in [-0.2, 0) is 11.2 Å². The van der Waals surface area contributed by atoms with Gasteiger partial charge >= 0.3 is 0 Å². The summed E-state index contributed by atoms with van der Waals surface area (Å²) in [6.45, 7) is 2.50. The Labute approximate surface area is 117 Å². The van der Waals surface area contributed by atoms with Crippen LogP contribution in [0.2, 0.25) is 5.15 Å². The van der Waals surface area contributed by atoms with Crippen LogP contribution in [0.3, 0.4) is 0 Å². The van der Waals surface area contributed by atoms with E-state index < -0.39 is 0 Å². The van der Waals surface area contributed by atoms with E-state index in [1.54, 1.807) is 13.2 Å². The molecular formula is C14H16ClN3O. The van der Waals surface area contributed by atoms with Gasteiger partial charge in [0.1, 0.15) is 16.8 Å². The van der Waals surface area contributed by atoms with E-state index >= 15 is 0 Å². The predicted octanol–water partition coefficient (Wildman–Crippen LogP) is 3.37. The zero-order chi connectivity index (χ0) is 13.7. The summed E-state index contributed by atoms with van der Waals surface area (Å²) >= 11 is 5.93. The number of benzene rings is 1. The van der Waals surface area contributed by atoms with E-state index in [-0.39, 0.29) is 0 Å². The number of nitrogens with zero attached hydrogens (tertiary/aromatic N) is 2. The summed E-state index contributed by atoms with van der Waals surface area (Å²) in [7, 11) is 1.70. The van der Waals surface area contributed by atoms with Gasteiger partial charge in [0.15, 0.2) is 0 Å². The molecule has 1 N–H and O–H groups in total. The van der Waals surface area contributed by atoms with E-state index in [0.717, 1.165) is 12.1 Å². The van der Waals surface area contributed by atoms with Gasteiger partial charge in [0.25, 0.3) is 0 Å². The van der Waals surface area contributed by atoms with Crippen LogP contribution in [0.1, 0.15) is 11.4 Å². The maximum Gasteiger partial charge on any atom is 0.135 e. The molecule has 0 atom stereocenters. The number of ether oxygens (including phenoxy) is 1. The van der Waals surface area contributed by atoms with Crippen LogP contribution in [0, 0.1) is 6.92 Å². The lowest BCUT2D eigenvalue weighted by molar-refractivity contribution is 0.202. The molecule has 1 aromatic heterocycles. The maximum atomic E-state index is 5.93. The van der Waals surface area contributed by atoms with Crippen molar-refractivity contribution in [2.75, 3.05) is 19.0 Å². The lowest BCUT2D eigenvalue weighted by Crippen LogP contribution is -2.02. The minimum atomic E-state index is 0.435. The molecule has 0 unspecified atom stereocenters. The molecule has 4 nitrogen and oxygen atoms in total. The first kappa shape index (κ1) is 13.8. The Morgan fingerprint density at radius 2 is 2.05 bits per heavy atom. The molecule has 0 aliphatic carbocycles. The highest BCUT2D eigenvalue weighted by molar-refractivity contribution is 6.29. The first-order chi connectivity index (χ1) is 9.19. The highest BCUT2D eigenvalue weighted by Gasteiger charge is 2.04. The van der Waals surface area contributed by atoms with Crippen molar-refractivity contribution in [3.05, 3.63) is 46.9 Å². The lowest BCUT2D eigenvalue weighted by atomic mass is 10.1. The summed E-state index contributed by atoms with van der Waals surface area (Å²) in [5, 5.41) is 3.71. The standard InChI is InChI=1S/C14H16ClN3O/c1-10-16-13(15)9-14(17-10)18-12-6-4-3-5-11(12)7-8-19-2/h3-6,9H,7-8H2,1-2H3,(H,16,17,18). The summed E-state index contributed by atoms with van der Waals surface area (Å²) in [5.41, 5.74) is 2.19. The van der Waals surface area contributed by atoms with Gasteiger partial charge in [-0.3, -0.25) is 0 Å². The quantitative estimate of drug-likeness (QED) is 0.851. The fourth-order valence-corrected chi connectivity index (χ4v) is 2.03. The van der Waals surface area contributed by atoms with Crippen LogP contribution >= 0.6 is 11.6 Å². The second-order valence-electron chi connectivity index (χ2n) is 4.15. The lowest BCUT2D eigenvalue weighted by Gasteiger charge is -2.11. The van der Waals surface area contributed by atoms with Crippen LogP contribution in [0.5, 0.6) is 0 Å². The molecule has 0 amide bonds. The molecular weight excluding hydrogens is 262 g/mol. The fourth-order valence-electron chi connectivity index (χ4n) is 1.81. The van der Waals surface area contributed by atoms with Gasteiger partial charge in [0, 0.05) is 18.9 Å². The zero-order valence-corrected chi connectivity index (χ0v) is 11.7. The van der Waals surface area contributed by atoms with Crippen molar-refractivity contribution in [1.82, 2.24) is 9.97 Å². The van der Waals surface area contributed by atoms with E-state index in [1.807, 2.05) is 25.1 Å². The van der Waals surface area contributed by atoms with Crippen molar-refractivity contribution >= 4 is 23.1 Å². The summed E-state index contributed by atoms with van der Waals surface area (Å²) in [6.07, 6.45) is 0.845. The summed E-state index contributed by atoms with van der Waals surface area (Å²) < 4.78 is 5.11. The van der Waals surface area contributed by atoms with Crippen molar-refractivity contribution in [2.45, 2.75) is 13.3 Å². The summed E-state index contributed by atoms with van der Waals surface area (Å²) in [4.78, 5) is 8.36. The monoisotopic (exact) mass is 277 g/mol. The number of para-hydroxylation sites is 1. The third-order valence-electron chi connectivity index (χ3n) is 2.66. The number of halogens is 1. The molecule has 0 aliphatic rings. The second kappa shape index (κ2) is 6.50. The van der Waals surface area contributed by atoms with Gasteiger partial charge in [0.05, 0.1) is 6.61 Å². The molecule has 100 valence electrons. The average Bonchev–Trinajstić information content (AvgIpc) is 2.36. The molecule has 0 spiro atoms. The van der Waals surface area contributed by atoms with E-state index in [0.29, 0.717) is 23.4 Å². The number of rotatable bonds is 5. The van der Waals surface area contributed by atoms with Crippen molar-refractivity contribution in [1.29, 1.82) is 0 Å². The Balaban J connectivity index is 2.22. The first-order valence-corrected chi connectivity index (χ1v) is 6.42. The van der Waals surface area contributed by atoms with Gasteiger partial charge in [-0.2, -0.15) is 0 Å². The number of nitrogens with one attached hydrogen (secondary N) is 1. The van der Waals surface area contributed by atoms with E-state index in [9.17, 15) is 0 Å². The molecule has 19 heavy (non-hydrogen) atoms. The predicted molar refractivity (Wildman–Crippen MR) is 77.1 cm³/mol. The number of aromatic nitrogens is 2. The van der Waals surface area contributed by atoms with Gasteiger partial charge < -0.3 is 10.1 Å². The molecule has 5 heteroatoms. The zero-order valence-electron chi connectivity index (χ0n) is 11.0. The van der Waals surface area contributed by atoms with Crippen LogP contribution in [0.4, 0.5) is 11.5 Å². The number of hydrogen-bond acceptors (Lipinski definition) is 4. The molecule has 1 aromatic carbocycles. The fraction of sp³-hybridized carbons (Fsp3) is 0.286. The molecule has 0 saturated heterocycles. The third-order valence-corrected chi connectivity index (χ3v) is 2.86. The van der Waals surface area contributed by atoms with Crippen molar-refractivity contribution in [3.63, 3.8) is 0 Å². The van der Waals surface area contributed by atoms with Crippen LogP contribution in [0.15, 0.2) is 30.3 Å². The minimum Gasteiger partial charge on any atom is -0.384 e. The highest BCUT2D eigenvalue weighted by Crippen LogP contribution is 2.21. The van der Waals surface area contributed by atoms with E-state index in [1.165, 1.54) is 5.56 Å². The average molecular weight is 278 g/mol. The first-order valence-electron chi connectivity index (χ1n) is 6.04. The van der Waals surface area contributed by atoms with Crippen molar-refractivity contribution in [3.8, 4) is 0 Å². The number of methoxy groups -OCH3 is 1. The molecule has 1 heterocycles. The van der Waals surface area contributed by atoms with Crippen LogP contribution < -0.4 is 5.32 Å². The SMILES string of the molecule is COCCc1ccccc1Nc1cc(Cl)nc(C)n1. The van der Waals surface area contributed by atoms with Gasteiger partial charge in [0.2, 0.25) is 0 Å². The third kappa shape index (κ3) is 3.91. The van der Waals surface area contributed by atoms with E-state index in [2.05, 4.69) is 21.4 Å². The van der Waals surface area contributed by atoms with Gasteiger partial charge in [-0.25, -0.2) is 9.97 Å². The smallest absolute Gasteiger partial charge is 0.135 e. The second-order valence-corrected chi connectivity index (χ2v) is 4.54. The molecule has 2 aromatic rings. The molecule has 0 bridgehead atoms. The Kier molecular flexibility index (Phi) is 4.71. The van der Waals surface area contributed by atoms with E-state index in [4.69, 9.17) is 16.3 Å². The largest absolute Gasteiger partial charge is 0.384 e. The molecule has 0 radical (unpaired) electrons. The Morgan fingerprint density at radius 1 is 1.26 bits per heavy atom. The van der Waals surface area contributed by atoms with Gasteiger partial charge in [-0.15, -0.1) is 0 Å². The molecule has 0 saturated carbocycles. The van der Waals surface area contributed by atoms with Gasteiger partial charge in [-0.05, 0) is 25.0 Å². The molecule has 0 aliphatic heterocycles. The highest BCUT2D eigenvalue weighted by atomic mass is 35.5. The molecule has 2 rings (SSSR count). The van der Waals surface area contributed by atoms with Crippen molar-refractivity contribution in [2.24, 2.45) is 0 Å². The summed E-state index contributed by atoms with van der Waals surface area (Å²) in [6, 6.07) is 9.78. The Hall–Kier alpha value is -1.65. The maximum absolute atomic E-state index is 5.93. The topological polar surface area (TPSA) is 47.0 Å². The number of hydrogen-bond donors (Lipinski definition) is 1.